The van der Waals surface area contributed by atoms with Gasteiger partial charge < -0.3 is 10.6 Å². The fourth-order valence-electron chi connectivity index (χ4n) is 3.99. The molecule has 3 atom stereocenters. The van der Waals surface area contributed by atoms with E-state index in [0.29, 0.717) is 23.5 Å². The van der Waals surface area contributed by atoms with Crippen LogP contribution in [0.4, 0.5) is 0 Å². The van der Waals surface area contributed by atoms with E-state index in [4.69, 9.17) is 11.6 Å². The number of halogens is 2. The predicted octanol–water partition coefficient (Wildman–Crippen LogP) is 3.95. The standard InChI is InChI=1S/C18H22ClN3OS.ClH/c19-12-5-6-16-14(10-12)22-17(24-16)7-8-20-18(23)15-9-11-3-1-2-4-13(11)21-15;/h5-6,10-11,13,15,21H,1-4,7-9H2,(H,20,23);1H. The molecule has 2 N–H and O–H groups in total. The quantitative estimate of drug-likeness (QED) is 0.817. The van der Waals surface area contributed by atoms with Crippen LogP contribution in [0, 0.1) is 5.92 Å². The normalized spacial score (nSPS) is 25.4. The molecule has 2 aromatic rings. The van der Waals surface area contributed by atoms with Gasteiger partial charge in [0.15, 0.2) is 0 Å². The van der Waals surface area contributed by atoms with Crippen molar-refractivity contribution >= 4 is 51.5 Å². The molecule has 1 aromatic carbocycles. The first kappa shape index (κ1) is 18.9. The van der Waals surface area contributed by atoms with Gasteiger partial charge in [0.05, 0.1) is 21.3 Å². The first-order valence-corrected chi connectivity index (χ1v) is 9.97. The van der Waals surface area contributed by atoms with E-state index in [2.05, 4.69) is 15.6 Å². The predicted molar refractivity (Wildman–Crippen MR) is 106 cm³/mol. The van der Waals surface area contributed by atoms with Crippen LogP contribution in [0.15, 0.2) is 18.2 Å². The third kappa shape index (κ3) is 4.27. The number of amides is 1. The van der Waals surface area contributed by atoms with Gasteiger partial charge in [0, 0.05) is 24.0 Å². The summed E-state index contributed by atoms with van der Waals surface area (Å²) in [7, 11) is 0. The Bertz CT molecular complexity index is 737. The summed E-state index contributed by atoms with van der Waals surface area (Å²) in [6, 6.07) is 6.33. The van der Waals surface area contributed by atoms with Gasteiger partial charge in [0.25, 0.3) is 0 Å². The number of aromatic nitrogens is 1. The van der Waals surface area contributed by atoms with Crippen molar-refractivity contribution in [2.45, 2.75) is 50.6 Å². The fraction of sp³-hybridized carbons (Fsp3) is 0.556. The van der Waals surface area contributed by atoms with Crippen molar-refractivity contribution in [1.82, 2.24) is 15.6 Å². The molecule has 4 rings (SSSR count). The number of benzene rings is 1. The summed E-state index contributed by atoms with van der Waals surface area (Å²) in [6.07, 6.45) is 6.87. The van der Waals surface area contributed by atoms with Crippen molar-refractivity contribution in [3.63, 3.8) is 0 Å². The number of fused-ring (bicyclic) bond motifs is 2. The molecule has 1 aromatic heterocycles. The van der Waals surface area contributed by atoms with E-state index in [9.17, 15) is 4.79 Å². The molecular weight excluding hydrogens is 377 g/mol. The number of hydrogen-bond donors (Lipinski definition) is 2. The van der Waals surface area contributed by atoms with Crippen LogP contribution in [0.25, 0.3) is 10.2 Å². The van der Waals surface area contributed by atoms with E-state index >= 15 is 0 Å². The molecule has 0 spiro atoms. The SMILES string of the molecule is Cl.O=C(NCCc1nc2cc(Cl)ccc2s1)C1CC2CCCCC2N1. The van der Waals surface area contributed by atoms with Crippen molar-refractivity contribution in [2.24, 2.45) is 5.92 Å². The smallest absolute Gasteiger partial charge is 0.237 e. The minimum Gasteiger partial charge on any atom is -0.354 e. The van der Waals surface area contributed by atoms with E-state index in [1.165, 1.54) is 25.7 Å². The Morgan fingerprint density at radius 1 is 1.36 bits per heavy atom. The number of rotatable bonds is 4. The van der Waals surface area contributed by atoms with E-state index in [1.807, 2.05) is 18.2 Å². The number of carbonyl (C=O) groups excluding carboxylic acids is 1. The van der Waals surface area contributed by atoms with Crippen LogP contribution >= 0.6 is 35.3 Å². The molecule has 2 fully saturated rings. The van der Waals surface area contributed by atoms with Crippen molar-refractivity contribution in [2.75, 3.05) is 6.54 Å². The van der Waals surface area contributed by atoms with Crippen LogP contribution in [0.1, 0.15) is 37.1 Å². The van der Waals surface area contributed by atoms with Gasteiger partial charge in [-0.3, -0.25) is 4.79 Å². The average Bonchev–Trinajstić information content (AvgIpc) is 3.17. The number of nitrogens with zero attached hydrogens (tertiary/aromatic N) is 1. The molecule has 1 aliphatic heterocycles. The molecule has 4 nitrogen and oxygen atoms in total. The largest absolute Gasteiger partial charge is 0.354 e. The van der Waals surface area contributed by atoms with E-state index in [0.717, 1.165) is 28.1 Å². The summed E-state index contributed by atoms with van der Waals surface area (Å²) in [4.78, 5) is 17.0. The number of thiazole rings is 1. The van der Waals surface area contributed by atoms with Gasteiger partial charge in [-0.2, -0.15) is 0 Å². The lowest BCUT2D eigenvalue weighted by Gasteiger charge is -2.24. The molecule has 25 heavy (non-hydrogen) atoms. The zero-order valence-electron chi connectivity index (χ0n) is 14.0. The van der Waals surface area contributed by atoms with Crippen molar-refractivity contribution in [1.29, 1.82) is 0 Å². The molecule has 1 saturated carbocycles. The van der Waals surface area contributed by atoms with Crippen LogP contribution in [-0.4, -0.2) is 29.5 Å². The summed E-state index contributed by atoms with van der Waals surface area (Å²) in [5.74, 6) is 0.845. The highest BCUT2D eigenvalue weighted by Crippen LogP contribution is 2.33. The van der Waals surface area contributed by atoms with Crippen LogP contribution in [0.2, 0.25) is 5.02 Å². The Labute approximate surface area is 163 Å². The second-order valence-corrected chi connectivity index (χ2v) is 8.42. The summed E-state index contributed by atoms with van der Waals surface area (Å²) in [5, 5.41) is 8.36. The number of carbonyl (C=O) groups is 1. The molecule has 136 valence electrons. The lowest BCUT2D eigenvalue weighted by atomic mass is 9.85. The first-order chi connectivity index (χ1) is 11.7. The molecule has 2 heterocycles. The van der Waals surface area contributed by atoms with Gasteiger partial charge in [-0.25, -0.2) is 4.98 Å². The topological polar surface area (TPSA) is 54.0 Å². The summed E-state index contributed by atoms with van der Waals surface area (Å²) in [6.45, 7) is 0.639. The molecule has 3 unspecified atom stereocenters. The molecule has 0 bridgehead atoms. The summed E-state index contributed by atoms with van der Waals surface area (Å²) >= 11 is 7.67. The molecule has 1 aliphatic carbocycles. The van der Waals surface area contributed by atoms with E-state index in [-0.39, 0.29) is 24.4 Å². The number of nitrogens with one attached hydrogen (secondary N) is 2. The Hall–Kier alpha value is -0.880. The third-order valence-electron chi connectivity index (χ3n) is 5.21. The highest BCUT2D eigenvalue weighted by molar-refractivity contribution is 7.18. The molecule has 2 aliphatic rings. The van der Waals surface area contributed by atoms with Crippen molar-refractivity contribution in [3.8, 4) is 0 Å². The van der Waals surface area contributed by atoms with Gasteiger partial charge in [0.1, 0.15) is 0 Å². The Morgan fingerprint density at radius 3 is 3.04 bits per heavy atom. The zero-order valence-corrected chi connectivity index (χ0v) is 16.4. The molecule has 7 heteroatoms. The van der Waals surface area contributed by atoms with Gasteiger partial charge in [0.2, 0.25) is 5.91 Å². The molecular formula is C18H23Cl2N3OS. The Kier molecular flexibility index (Phi) is 6.21. The average molecular weight is 400 g/mol. The zero-order chi connectivity index (χ0) is 16.5. The lowest BCUT2D eigenvalue weighted by molar-refractivity contribution is -0.122. The lowest BCUT2D eigenvalue weighted by Crippen LogP contribution is -2.43. The van der Waals surface area contributed by atoms with E-state index < -0.39 is 0 Å². The molecule has 1 amide bonds. The molecule has 1 saturated heterocycles. The highest BCUT2D eigenvalue weighted by atomic mass is 35.5. The van der Waals surface area contributed by atoms with E-state index in [1.54, 1.807) is 11.3 Å². The van der Waals surface area contributed by atoms with Crippen LogP contribution < -0.4 is 10.6 Å². The fourth-order valence-corrected chi connectivity index (χ4v) is 5.11. The van der Waals surface area contributed by atoms with Gasteiger partial charge >= 0.3 is 0 Å². The highest BCUT2D eigenvalue weighted by Gasteiger charge is 2.37. The minimum absolute atomic E-state index is 0. The van der Waals surface area contributed by atoms with Crippen LogP contribution in [-0.2, 0) is 11.2 Å². The minimum atomic E-state index is -0.00715. The maximum atomic E-state index is 12.4. The van der Waals surface area contributed by atoms with Gasteiger partial charge in [-0.05, 0) is 43.4 Å². The van der Waals surface area contributed by atoms with Crippen molar-refractivity contribution < 1.29 is 4.79 Å². The first-order valence-electron chi connectivity index (χ1n) is 8.78. The number of hydrogen-bond acceptors (Lipinski definition) is 4. The van der Waals surface area contributed by atoms with Crippen LogP contribution in [0.3, 0.4) is 0 Å². The third-order valence-corrected chi connectivity index (χ3v) is 6.54. The maximum absolute atomic E-state index is 12.4. The second kappa shape index (κ2) is 8.21. The van der Waals surface area contributed by atoms with Gasteiger partial charge in [-0.15, -0.1) is 23.7 Å². The maximum Gasteiger partial charge on any atom is 0.237 e. The summed E-state index contributed by atoms with van der Waals surface area (Å²) in [5.41, 5.74) is 0.940. The van der Waals surface area contributed by atoms with Crippen molar-refractivity contribution in [3.05, 3.63) is 28.2 Å². The monoisotopic (exact) mass is 399 g/mol. The van der Waals surface area contributed by atoms with Gasteiger partial charge in [-0.1, -0.05) is 24.4 Å². The van der Waals surface area contributed by atoms with Crippen LogP contribution in [0.5, 0.6) is 0 Å². The Balaban J connectivity index is 0.00000182. The second-order valence-electron chi connectivity index (χ2n) is 6.87. The molecule has 0 radical (unpaired) electrons. The summed E-state index contributed by atoms with van der Waals surface area (Å²) < 4.78 is 1.14. The Morgan fingerprint density at radius 2 is 2.20 bits per heavy atom.